The van der Waals surface area contributed by atoms with E-state index in [-0.39, 0.29) is 6.04 Å². The third-order valence-electron chi connectivity index (χ3n) is 3.90. The molecule has 1 heterocycles. The Morgan fingerprint density at radius 3 is 2.50 bits per heavy atom. The van der Waals surface area contributed by atoms with Crippen LogP contribution in [0.5, 0.6) is 0 Å². The van der Waals surface area contributed by atoms with Crippen molar-refractivity contribution in [3.05, 3.63) is 51.8 Å². The van der Waals surface area contributed by atoms with E-state index in [1.54, 1.807) is 0 Å². The normalized spacial score (nSPS) is 14.2. The van der Waals surface area contributed by atoms with Crippen molar-refractivity contribution in [2.75, 3.05) is 0 Å². The van der Waals surface area contributed by atoms with Crippen LogP contribution in [0.15, 0.2) is 34.8 Å². The van der Waals surface area contributed by atoms with E-state index >= 15 is 0 Å². The molecule has 4 heteroatoms. The van der Waals surface area contributed by atoms with Gasteiger partial charge in [0.15, 0.2) is 0 Å². The molecule has 108 valence electrons. The van der Waals surface area contributed by atoms with Gasteiger partial charge in [-0.15, -0.1) is 0 Å². The zero-order valence-corrected chi connectivity index (χ0v) is 13.9. The lowest BCUT2D eigenvalue weighted by Gasteiger charge is -2.20. The fraction of sp³-hybridized carbons (Fsp3) is 0.438. The lowest BCUT2D eigenvalue weighted by molar-refractivity contribution is 0.540. The number of rotatable bonds is 5. The molecular formula is C16H22BrN3. The van der Waals surface area contributed by atoms with Gasteiger partial charge in [-0.1, -0.05) is 44.2 Å². The summed E-state index contributed by atoms with van der Waals surface area (Å²) >= 11 is 3.66. The Morgan fingerprint density at radius 1 is 1.30 bits per heavy atom. The van der Waals surface area contributed by atoms with Crippen LogP contribution in [0, 0.1) is 0 Å². The van der Waals surface area contributed by atoms with E-state index in [1.807, 2.05) is 17.8 Å². The van der Waals surface area contributed by atoms with Gasteiger partial charge in [0.25, 0.3) is 0 Å². The largest absolute Gasteiger partial charge is 0.327 e. The van der Waals surface area contributed by atoms with Crippen LogP contribution in [-0.4, -0.2) is 15.8 Å². The Hall–Kier alpha value is -1.13. The van der Waals surface area contributed by atoms with E-state index in [0.717, 1.165) is 23.0 Å². The topological polar surface area (TPSA) is 43.8 Å². The van der Waals surface area contributed by atoms with Crippen molar-refractivity contribution in [2.45, 2.75) is 38.6 Å². The summed E-state index contributed by atoms with van der Waals surface area (Å²) in [6.45, 7) is 4.30. The molecule has 2 unspecified atom stereocenters. The number of aromatic nitrogens is 2. The molecule has 0 radical (unpaired) electrons. The zero-order valence-electron chi connectivity index (χ0n) is 12.3. The van der Waals surface area contributed by atoms with Gasteiger partial charge in [0, 0.05) is 19.5 Å². The number of halogens is 1. The van der Waals surface area contributed by atoms with Crippen LogP contribution < -0.4 is 5.73 Å². The standard InChI is InChI=1S/C16H22BrN3/c1-4-14-16(17)15(20(3)19-14)10-13(18)11(2)12-8-6-5-7-9-12/h5-9,11,13H,4,10,18H2,1-3H3. The van der Waals surface area contributed by atoms with Crippen LogP contribution in [0.3, 0.4) is 0 Å². The molecule has 2 rings (SSSR count). The van der Waals surface area contributed by atoms with Gasteiger partial charge in [0.05, 0.1) is 15.9 Å². The molecule has 2 atom stereocenters. The van der Waals surface area contributed by atoms with Crippen molar-refractivity contribution in [1.82, 2.24) is 9.78 Å². The highest BCUT2D eigenvalue weighted by Gasteiger charge is 2.20. The van der Waals surface area contributed by atoms with Crippen LogP contribution in [-0.2, 0) is 19.9 Å². The summed E-state index contributed by atoms with van der Waals surface area (Å²) in [5.74, 6) is 0.322. The highest BCUT2D eigenvalue weighted by Crippen LogP contribution is 2.26. The maximum absolute atomic E-state index is 6.41. The fourth-order valence-corrected chi connectivity index (χ4v) is 3.22. The van der Waals surface area contributed by atoms with Crippen molar-refractivity contribution in [2.24, 2.45) is 12.8 Å². The Kier molecular flexibility index (Phi) is 5.00. The molecule has 0 aliphatic carbocycles. The van der Waals surface area contributed by atoms with Crippen LogP contribution in [0.25, 0.3) is 0 Å². The average molecular weight is 336 g/mol. The summed E-state index contributed by atoms with van der Waals surface area (Å²) in [6, 6.07) is 10.5. The molecule has 3 nitrogen and oxygen atoms in total. The Morgan fingerprint density at radius 2 is 1.95 bits per heavy atom. The quantitative estimate of drug-likeness (QED) is 0.909. The van der Waals surface area contributed by atoms with E-state index in [2.05, 4.69) is 59.1 Å². The summed E-state index contributed by atoms with van der Waals surface area (Å²) in [4.78, 5) is 0. The first-order valence-corrected chi connectivity index (χ1v) is 7.84. The SMILES string of the molecule is CCc1nn(C)c(CC(N)C(C)c2ccccc2)c1Br. The van der Waals surface area contributed by atoms with E-state index in [0.29, 0.717) is 5.92 Å². The Bertz CT molecular complexity index is 563. The predicted octanol–water partition coefficient (Wildman–Crippen LogP) is 3.42. The lowest BCUT2D eigenvalue weighted by Crippen LogP contribution is -2.30. The first kappa shape index (κ1) is 15.3. The molecule has 2 N–H and O–H groups in total. The van der Waals surface area contributed by atoms with Gasteiger partial charge in [-0.05, 0) is 33.8 Å². The van der Waals surface area contributed by atoms with Crippen LogP contribution >= 0.6 is 15.9 Å². The molecular weight excluding hydrogens is 314 g/mol. The lowest BCUT2D eigenvalue weighted by atomic mass is 9.91. The van der Waals surface area contributed by atoms with Crippen molar-refractivity contribution < 1.29 is 0 Å². The first-order chi connectivity index (χ1) is 9.54. The summed E-state index contributed by atoms with van der Waals surface area (Å²) in [5.41, 5.74) is 9.97. The maximum Gasteiger partial charge on any atom is 0.0766 e. The van der Waals surface area contributed by atoms with Crippen LogP contribution in [0.1, 0.15) is 36.7 Å². The Balaban J connectivity index is 2.16. The van der Waals surface area contributed by atoms with Gasteiger partial charge < -0.3 is 5.73 Å². The summed E-state index contributed by atoms with van der Waals surface area (Å²) in [7, 11) is 1.99. The second-order valence-electron chi connectivity index (χ2n) is 5.25. The molecule has 0 amide bonds. The number of nitrogens with zero attached hydrogens (tertiary/aromatic N) is 2. The summed E-state index contributed by atoms with van der Waals surface area (Å²) in [5, 5.41) is 4.53. The summed E-state index contributed by atoms with van der Waals surface area (Å²) < 4.78 is 3.05. The van der Waals surface area contributed by atoms with E-state index < -0.39 is 0 Å². The Labute approximate surface area is 129 Å². The third-order valence-corrected chi connectivity index (χ3v) is 4.81. The van der Waals surface area contributed by atoms with Gasteiger partial charge in [0.1, 0.15) is 0 Å². The molecule has 0 bridgehead atoms. The van der Waals surface area contributed by atoms with E-state index in [1.165, 1.54) is 11.3 Å². The number of benzene rings is 1. The minimum atomic E-state index is 0.0776. The molecule has 1 aromatic heterocycles. The van der Waals surface area contributed by atoms with Gasteiger partial charge in [-0.25, -0.2) is 0 Å². The van der Waals surface area contributed by atoms with Gasteiger partial charge in [-0.3, -0.25) is 4.68 Å². The maximum atomic E-state index is 6.41. The molecule has 0 fully saturated rings. The van der Waals surface area contributed by atoms with E-state index in [9.17, 15) is 0 Å². The molecule has 1 aromatic carbocycles. The predicted molar refractivity (Wildman–Crippen MR) is 86.8 cm³/mol. The van der Waals surface area contributed by atoms with Gasteiger partial charge >= 0.3 is 0 Å². The monoisotopic (exact) mass is 335 g/mol. The van der Waals surface area contributed by atoms with Crippen molar-refractivity contribution in [3.63, 3.8) is 0 Å². The molecule has 0 spiro atoms. The first-order valence-electron chi connectivity index (χ1n) is 7.05. The number of hydrogen-bond donors (Lipinski definition) is 1. The van der Waals surface area contributed by atoms with Crippen LogP contribution in [0.2, 0.25) is 0 Å². The van der Waals surface area contributed by atoms with Gasteiger partial charge in [-0.2, -0.15) is 5.10 Å². The molecule has 0 saturated carbocycles. The summed E-state index contributed by atoms with van der Waals surface area (Å²) in [6.07, 6.45) is 1.75. The molecule has 0 aliphatic heterocycles. The zero-order chi connectivity index (χ0) is 14.7. The highest BCUT2D eigenvalue weighted by atomic mass is 79.9. The molecule has 0 aliphatic rings. The number of hydrogen-bond acceptors (Lipinski definition) is 2. The molecule has 2 aromatic rings. The van der Waals surface area contributed by atoms with Crippen molar-refractivity contribution in [1.29, 1.82) is 0 Å². The smallest absolute Gasteiger partial charge is 0.0766 e. The minimum absolute atomic E-state index is 0.0776. The molecule has 0 saturated heterocycles. The number of nitrogens with two attached hydrogens (primary N) is 1. The fourth-order valence-electron chi connectivity index (χ4n) is 2.45. The highest BCUT2D eigenvalue weighted by molar-refractivity contribution is 9.10. The second-order valence-corrected chi connectivity index (χ2v) is 6.04. The molecule has 20 heavy (non-hydrogen) atoms. The number of aryl methyl sites for hydroxylation is 2. The van der Waals surface area contributed by atoms with E-state index in [4.69, 9.17) is 5.73 Å². The van der Waals surface area contributed by atoms with Crippen LogP contribution in [0.4, 0.5) is 0 Å². The average Bonchev–Trinajstić information content (AvgIpc) is 2.74. The van der Waals surface area contributed by atoms with Crippen molar-refractivity contribution in [3.8, 4) is 0 Å². The van der Waals surface area contributed by atoms with Gasteiger partial charge in [0.2, 0.25) is 0 Å². The second kappa shape index (κ2) is 6.55. The third kappa shape index (κ3) is 3.13. The minimum Gasteiger partial charge on any atom is -0.327 e. The van der Waals surface area contributed by atoms with Crippen molar-refractivity contribution >= 4 is 15.9 Å².